The Morgan fingerprint density at radius 1 is 1.48 bits per heavy atom. The first kappa shape index (κ1) is 13.5. The maximum absolute atomic E-state index is 11.9. The fourth-order valence-electron chi connectivity index (χ4n) is 2.08. The molecule has 108 valence electrons. The van der Waals surface area contributed by atoms with Crippen molar-refractivity contribution in [1.82, 2.24) is 5.32 Å². The number of nitrogen functional groups attached to an aromatic ring is 1. The minimum atomic E-state index is -0.618. The van der Waals surface area contributed by atoms with E-state index in [1.807, 2.05) is 6.08 Å². The smallest absolute Gasteiger partial charge is 0.338 e. The van der Waals surface area contributed by atoms with Crippen molar-refractivity contribution in [2.24, 2.45) is 0 Å². The number of rotatable bonds is 2. The van der Waals surface area contributed by atoms with Crippen molar-refractivity contribution in [2.75, 3.05) is 5.73 Å². The zero-order chi connectivity index (χ0) is 15.0. The fraction of sp³-hybridized carbons (Fsp3) is 0.143. The zero-order valence-electron chi connectivity index (χ0n) is 10.8. The summed E-state index contributed by atoms with van der Waals surface area (Å²) >= 11 is 6.13. The fourth-order valence-corrected chi connectivity index (χ4v) is 2.32. The number of carbonyl (C=O) groups excluding carboxylic acids is 1. The summed E-state index contributed by atoms with van der Waals surface area (Å²) in [6, 6.07) is 3.83. The van der Waals surface area contributed by atoms with Gasteiger partial charge in [0.2, 0.25) is 0 Å². The lowest BCUT2D eigenvalue weighted by atomic mass is 10.2. The summed E-state index contributed by atoms with van der Waals surface area (Å²) in [5.74, 6) is -0.343. The van der Waals surface area contributed by atoms with Gasteiger partial charge in [-0.1, -0.05) is 17.7 Å². The molecule has 2 heterocycles. The maximum Gasteiger partial charge on any atom is 0.338 e. The highest BCUT2D eigenvalue weighted by molar-refractivity contribution is 6.36. The monoisotopic (exact) mass is 306 g/mol. The normalized spacial score (nSPS) is 16.9. The highest BCUT2D eigenvalue weighted by Crippen LogP contribution is 2.34. The molecule has 6 nitrogen and oxygen atoms in total. The predicted octanol–water partition coefficient (Wildman–Crippen LogP) is 1.81. The quantitative estimate of drug-likeness (QED) is 0.499. The zero-order valence-corrected chi connectivity index (χ0v) is 11.5. The van der Waals surface area contributed by atoms with Crippen LogP contribution in [0.2, 0.25) is 5.02 Å². The van der Waals surface area contributed by atoms with Gasteiger partial charge in [-0.15, -0.1) is 0 Å². The van der Waals surface area contributed by atoms with E-state index >= 15 is 0 Å². The van der Waals surface area contributed by atoms with E-state index in [1.54, 1.807) is 12.3 Å². The lowest BCUT2D eigenvalue weighted by Crippen LogP contribution is -2.33. The Balaban J connectivity index is 1.98. The van der Waals surface area contributed by atoms with E-state index in [2.05, 4.69) is 5.32 Å². The summed E-state index contributed by atoms with van der Waals surface area (Å²) in [6.45, 7) is 0. The molecule has 0 radical (unpaired) electrons. The van der Waals surface area contributed by atoms with Crippen LogP contribution < -0.4 is 21.4 Å². The third-order valence-corrected chi connectivity index (χ3v) is 3.49. The summed E-state index contributed by atoms with van der Waals surface area (Å²) in [5.41, 5.74) is 5.47. The minimum absolute atomic E-state index is 0.0382. The van der Waals surface area contributed by atoms with Crippen LogP contribution in [-0.4, -0.2) is 12.0 Å². The molecule has 0 amide bonds. The van der Waals surface area contributed by atoms with Crippen LogP contribution >= 0.6 is 11.6 Å². The minimum Gasteiger partial charge on any atom is -0.423 e. The van der Waals surface area contributed by atoms with Crippen LogP contribution in [0.1, 0.15) is 6.42 Å². The Labute approximate surface area is 124 Å². The van der Waals surface area contributed by atoms with Crippen molar-refractivity contribution < 1.29 is 13.9 Å². The third-order valence-electron chi connectivity index (χ3n) is 3.13. The molecule has 0 saturated heterocycles. The second-order valence-electron chi connectivity index (χ2n) is 4.55. The molecule has 1 unspecified atom stereocenters. The van der Waals surface area contributed by atoms with Crippen molar-refractivity contribution in [3.63, 3.8) is 0 Å². The Kier molecular flexibility index (Phi) is 3.31. The molecule has 2 aromatic rings. The van der Waals surface area contributed by atoms with Gasteiger partial charge in [-0.3, -0.25) is 0 Å². The first-order valence-corrected chi connectivity index (χ1v) is 6.58. The van der Waals surface area contributed by atoms with E-state index in [9.17, 15) is 9.59 Å². The van der Waals surface area contributed by atoms with Gasteiger partial charge in [0, 0.05) is 17.1 Å². The number of anilines is 1. The molecular formula is C14H11ClN2O4. The third kappa shape index (κ3) is 2.45. The number of nitrogens with one attached hydrogen (secondary N) is 1. The van der Waals surface area contributed by atoms with Crippen molar-refractivity contribution in [3.8, 4) is 5.75 Å². The molecule has 1 aromatic heterocycles. The Bertz CT molecular complexity index is 804. The highest BCUT2D eigenvalue weighted by atomic mass is 35.5. The van der Waals surface area contributed by atoms with Gasteiger partial charge in [-0.05, 0) is 24.8 Å². The number of ether oxygens (including phenoxy) is 1. The van der Waals surface area contributed by atoms with Gasteiger partial charge in [0.15, 0.2) is 11.3 Å². The van der Waals surface area contributed by atoms with Crippen molar-refractivity contribution >= 4 is 34.2 Å². The van der Waals surface area contributed by atoms with Gasteiger partial charge in [-0.25, -0.2) is 9.59 Å². The predicted molar refractivity (Wildman–Crippen MR) is 78.2 cm³/mol. The molecule has 0 spiro atoms. The van der Waals surface area contributed by atoms with E-state index < -0.39 is 17.6 Å². The molecular weight excluding hydrogens is 296 g/mol. The molecule has 1 aliphatic heterocycles. The number of carbonyl (C=O) groups is 1. The van der Waals surface area contributed by atoms with Crippen molar-refractivity contribution in [3.05, 3.63) is 45.9 Å². The van der Waals surface area contributed by atoms with Crippen molar-refractivity contribution in [2.45, 2.75) is 12.5 Å². The number of hydrogen-bond donors (Lipinski definition) is 2. The van der Waals surface area contributed by atoms with Gasteiger partial charge in [0.05, 0.1) is 0 Å². The van der Waals surface area contributed by atoms with E-state index in [0.717, 1.165) is 0 Å². The van der Waals surface area contributed by atoms with Gasteiger partial charge in [0.25, 0.3) is 0 Å². The average molecular weight is 307 g/mol. The molecule has 0 bridgehead atoms. The molecule has 1 aromatic carbocycles. The second-order valence-corrected chi connectivity index (χ2v) is 4.93. The number of fused-ring (bicyclic) bond motifs is 1. The molecule has 7 heteroatoms. The van der Waals surface area contributed by atoms with E-state index in [-0.39, 0.29) is 22.0 Å². The van der Waals surface area contributed by atoms with Crippen LogP contribution in [0.5, 0.6) is 5.75 Å². The molecule has 3 rings (SSSR count). The molecule has 1 atom stereocenters. The number of hydrogen-bond acceptors (Lipinski definition) is 6. The standard InChI is InChI=1S/C14H11ClN2O4/c15-12-10(20-14(19)9-2-1-5-17-9)4-3-7-8(16)6-11(18)21-13(7)12/h1,3-6,9,17H,2,16H2. The van der Waals surface area contributed by atoms with Crippen LogP contribution in [0, 0.1) is 0 Å². The van der Waals surface area contributed by atoms with Crippen LogP contribution in [0.25, 0.3) is 11.0 Å². The summed E-state index contributed by atoms with van der Waals surface area (Å²) < 4.78 is 10.3. The molecule has 3 N–H and O–H groups in total. The largest absolute Gasteiger partial charge is 0.423 e. The van der Waals surface area contributed by atoms with Crippen molar-refractivity contribution in [1.29, 1.82) is 0 Å². The molecule has 0 fully saturated rings. The van der Waals surface area contributed by atoms with Crippen LogP contribution in [0.4, 0.5) is 5.69 Å². The number of benzene rings is 1. The van der Waals surface area contributed by atoms with E-state index in [4.69, 9.17) is 26.5 Å². The SMILES string of the molecule is Nc1cc(=O)oc2c(Cl)c(OC(=O)C3CC=CN3)ccc12. The van der Waals surface area contributed by atoms with Crippen LogP contribution in [0.3, 0.4) is 0 Å². The first-order chi connectivity index (χ1) is 10.1. The number of esters is 1. The molecule has 21 heavy (non-hydrogen) atoms. The molecule has 0 saturated carbocycles. The van der Waals surface area contributed by atoms with Crippen LogP contribution in [-0.2, 0) is 4.79 Å². The number of nitrogens with two attached hydrogens (primary N) is 1. The van der Waals surface area contributed by atoms with E-state index in [1.165, 1.54) is 12.1 Å². The summed E-state index contributed by atoms with van der Waals surface area (Å²) in [6.07, 6.45) is 4.06. The Hall–Kier alpha value is -2.47. The lowest BCUT2D eigenvalue weighted by molar-refractivity contribution is -0.136. The molecule has 1 aliphatic rings. The second kappa shape index (κ2) is 5.14. The van der Waals surface area contributed by atoms with Gasteiger partial charge >= 0.3 is 11.6 Å². The summed E-state index contributed by atoms with van der Waals surface area (Å²) in [5, 5.41) is 3.38. The van der Waals surface area contributed by atoms with Crippen LogP contribution in [0.15, 0.2) is 39.7 Å². The highest BCUT2D eigenvalue weighted by Gasteiger charge is 2.22. The lowest BCUT2D eigenvalue weighted by Gasteiger charge is -2.12. The first-order valence-electron chi connectivity index (χ1n) is 6.21. The maximum atomic E-state index is 11.9. The van der Waals surface area contributed by atoms with Gasteiger partial charge < -0.3 is 20.2 Å². The Morgan fingerprint density at radius 2 is 2.29 bits per heavy atom. The number of halogens is 1. The summed E-state index contributed by atoms with van der Waals surface area (Å²) in [4.78, 5) is 23.3. The topological polar surface area (TPSA) is 94.6 Å². The summed E-state index contributed by atoms with van der Waals surface area (Å²) in [7, 11) is 0. The Morgan fingerprint density at radius 3 is 3.00 bits per heavy atom. The van der Waals surface area contributed by atoms with Gasteiger partial charge in [-0.2, -0.15) is 0 Å². The van der Waals surface area contributed by atoms with Gasteiger partial charge in [0.1, 0.15) is 11.1 Å². The van der Waals surface area contributed by atoms with E-state index in [0.29, 0.717) is 11.8 Å². The molecule has 0 aliphatic carbocycles. The average Bonchev–Trinajstić information content (AvgIpc) is 2.96.